The maximum Gasteiger partial charge on any atom is 0.0813 e. The molecule has 1 aliphatic heterocycles. The summed E-state index contributed by atoms with van der Waals surface area (Å²) in [5.74, 6) is 2.71. The third-order valence-electron chi connectivity index (χ3n) is 2.09. The van der Waals surface area contributed by atoms with Crippen LogP contribution >= 0.6 is 0 Å². The van der Waals surface area contributed by atoms with E-state index in [2.05, 4.69) is 16.1 Å². The average molecular weight is 168 g/mol. The lowest BCUT2D eigenvalue weighted by Crippen LogP contribution is -2.44. The average Bonchev–Trinajstić information content (AvgIpc) is 2.16. The monoisotopic (exact) mass is 168 g/mol. The molecule has 1 unspecified atom stereocenters. The SMILES string of the molecule is C#CC(CN1CCOCC1)NC. The zero-order valence-corrected chi connectivity index (χ0v) is 7.55. The Balaban J connectivity index is 2.24. The summed E-state index contributed by atoms with van der Waals surface area (Å²) in [6, 6.07) is 0.170. The van der Waals surface area contributed by atoms with Crippen molar-refractivity contribution in [2.24, 2.45) is 0 Å². The number of rotatable bonds is 3. The number of terminal acetylenes is 1. The van der Waals surface area contributed by atoms with Crippen molar-refractivity contribution in [3.05, 3.63) is 0 Å². The molecule has 0 aromatic rings. The lowest BCUT2D eigenvalue weighted by molar-refractivity contribution is 0.0363. The molecule has 0 aliphatic carbocycles. The molecule has 1 atom stereocenters. The lowest BCUT2D eigenvalue weighted by atomic mass is 10.2. The minimum Gasteiger partial charge on any atom is -0.379 e. The van der Waals surface area contributed by atoms with Crippen molar-refractivity contribution in [1.82, 2.24) is 10.2 Å². The van der Waals surface area contributed by atoms with Gasteiger partial charge in [0, 0.05) is 19.6 Å². The summed E-state index contributed by atoms with van der Waals surface area (Å²) in [4.78, 5) is 2.32. The van der Waals surface area contributed by atoms with Gasteiger partial charge in [-0.2, -0.15) is 0 Å². The molecule has 3 heteroatoms. The summed E-state index contributed by atoms with van der Waals surface area (Å²) in [6.07, 6.45) is 5.33. The second-order valence-corrected chi connectivity index (χ2v) is 2.92. The largest absolute Gasteiger partial charge is 0.379 e. The number of ether oxygens (including phenoxy) is 1. The zero-order chi connectivity index (χ0) is 8.81. The van der Waals surface area contributed by atoms with Gasteiger partial charge in [-0.1, -0.05) is 5.92 Å². The Morgan fingerprint density at radius 3 is 2.75 bits per heavy atom. The normalized spacial score (nSPS) is 21.7. The Morgan fingerprint density at radius 2 is 2.25 bits per heavy atom. The molecule has 0 aromatic carbocycles. The number of likely N-dealkylation sites (N-methyl/N-ethyl adjacent to an activating group) is 1. The maximum atomic E-state index is 5.33. The molecule has 1 rings (SSSR count). The lowest BCUT2D eigenvalue weighted by Gasteiger charge is -2.28. The van der Waals surface area contributed by atoms with E-state index in [0.29, 0.717) is 0 Å². The minimum absolute atomic E-state index is 0.170. The topological polar surface area (TPSA) is 24.5 Å². The fraction of sp³-hybridized carbons (Fsp3) is 0.778. The van der Waals surface area contributed by atoms with Crippen LogP contribution in [-0.2, 0) is 4.74 Å². The Hall–Kier alpha value is -0.560. The van der Waals surface area contributed by atoms with E-state index in [1.807, 2.05) is 7.05 Å². The van der Waals surface area contributed by atoms with Gasteiger partial charge in [-0.3, -0.25) is 4.90 Å². The molecular formula is C9H16N2O. The molecule has 1 heterocycles. The van der Waals surface area contributed by atoms with Gasteiger partial charge in [-0.05, 0) is 7.05 Å². The molecule has 68 valence electrons. The van der Waals surface area contributed by atoms with E-state index in [-0.39, 0.29) is 6.04 Å². The molecule has 0 bridgehead atoms. The van der Waals surface area contributed by atoms with Gasteiger partial charge < -0.3 is 10.1 Å². The van der Waals surface area contributed by atoms with Crippen molar-refractivity contribution >= 4 is 0 Å². The van der Waals surface area contributed by atoms with Gasteiger partial charge in [0.1, 0.15) is 0 Å². The van der Waals surface area contributed by atoms with Gasteiger partial charge in [-0.25, -0.2) is 0 Å². The van der Waals surface area contributed by atoms with Crippen molar-refractivity contribution in [2.45, 2.75) is 6.04 Å². The first-order valence-electron chi connectivity index (χ1n) is 4.30. The van der Waals surface area contributed by atoms with Crippen molar-refractivity contribution in [3.8, 4) is 12.3 Å². The number of nitrogens with one attached hydrogen (secondary N) is 1. The molecule has 12 heavy (non-hydrogen) atoms. The molecule has 0 spiro atoms. The second kappa shape index (κ2) is 5.15. The Morgan fingerprint density at radius 1 is 1.58 bits per heavy atom. The fourth-order valence-corrected chi connectivity index (χ4v) is 1.27. The van der Waals surface area contributed by atoms with Gasteiger partial charge in [0.25, 0.3) is 0 Å². The number of hydrogen-bond donors (Lipinski definition) is 1. The number of morpholine rings is 1. The third-order valence-corrected chi connectivity index (χ3v) is 2.09. The van der Waals surface area contributed by atoms with Crippen LogP contribution in [0.3, 0.4) is 0 Å². The van der Waals surface area contributed by atoms with Crippen LogP contribution in [0.15, 0.2) is 0 Å². The summed E-state index contributed by atoms with van der Waals surface area (Å²) >= 11 is 0. The smallest absolute Gasteiger partial charge is 0.0813 e. The molecule has 1 fully saturated rings. The van der Waals surface area contributed by atoms with Crippen LogP contribution in [0.4, 0.5) is 0 Å². The molecule has 0 radical (unpaired) electrons. The summed E-state index contributed by atoms with van der Waals surface area (Å²) in [6.45, 7) is 4.60. The first kappa shape index (κ1) is 9.53. The predicted octanol–water partition coefficient (Wildman–Crippen LogP) is -0.460. The van der Waals surface area contributed by atoms with Crippen molar-refractivity contribution in [2.75, 3.05) is 39.9 Å². The summed E-state index contributed by atoms with van der Waals surface area (Å²) in [7, 11) is 1.89. The van der Waals surface area contributed by atoms with Crippen LogP contribution in [0.25, 0.3) is 0 Å². The summed E-state index contributed by atoms with van der Waals surface area (Å²) < 4.78 is 5.23. The summed E-state index contributed by atoms with van der Waals surface area (Å²) in [5.41, 5.74) is 0. The molecular weight excluding hydrogens is 152 g/mol. The Kier molecular flexibility index (Phi) is 4.09. The first-order valence-corrected chi connectivity index (χ1v) is 4.30. The molecule has 1 saturated heterocycles. The van der Waals surface area contributed by atoms with Gasteiger partial charge in [0.05, 0.1) is 19.3 Å². The summed E-state index contributed by atoms with van der Waals surface area (Å²) in [5, 5.41) is 3.08. The van der Waals surface area contributed by atoms with Crippen LogP contribution in [0, 0.1) is 12.3 Å². The van der Waals surface area contributed by atoms with E-state index in [0.717, 1.165) is 32.8 Å². The van der Waals surface area contributed by atoms with Crippen molar-refractivity contribution in [3.63, 3.8) is 0 Å². The first-order chi connectivity index (χ1) is 5.86. The highest BCUT2D eigenvalue weighted by Gasteiger charge is 2.13. The van der Waals surface area contributed by atoms with E-state index in [1.54, 1.807) is 0 Å². The Bertz CT molecular complexity index is 158. The van der Waals surface area contributed by atoms with E-state index >= 15 is 0 Å². The van der Waals surface area contributed by atoms with Crippen LogP contribution in [0.2, 0.25) is 0 Å². The van der Waals surface area contributed by atoms with E-state index in [9.17, 15) is 0 Å². The number of nitrogens with zero attached hydrogens (tertiary/aromatic N) is 1. The predicted molar refractivity (Wildman–Crippen MR) is 48.9 cm³/mol. The highest BCUT2D eigenvalue weighted by molar-refractivity contribution is 4.99. The van der Waals surface area contributed by atoms with E-state index in [1.165, 1.54) is 0 Å². The maximum absolute atomic E-state index is 5.33. The van der Waals surface area contributed by atoms with Crippen LogP contribution < -0.4 is 5.32 Å². The third kappa shape index (κ3) is 2.82. The van der Waals surface area contributed by atoms with E-state index in [4.69, 9.17) is 11.2 Å². The van der Waals surface area contributed by atoms with Crippen LogP contribution in [0.5, 0.6) is 0 Å². The highest BCUT2D eigenvalue weighted by atomic mass is 16.5. The number of hydrogen-bond acceptors (Lipinski definition) is 3. The quantitative estimate of drug-likeness (QED) is 0.577. The zero-order valence-electron chi connectivity index (χ0n) is 7.55. The van der Waals surface area contributed by atoms with Gasteiger partial charge in [-0.15, -0.1) is 6.42 Å². The van der Waals surface area contributed by atoms with Crippen molar-refractivity contribution < 1.29 is 4.74 Å². The molecule has 0 aromatic heterocycles. The standard InChI is InChI=1S/C9H16N2O/c1-3-9(10-2)8-11-4-6-12-7-5-11/h1,9-10H,4-8H2,2H3. The van der Waals surface area contributed by atoms with Crippen molar-refractivity contribution in [1.29, 1.82) is 0 Å². The van der Waals surface area contributed by atoms with Crippen LogP contribution in [-0.4, -0.2) is 50.8 Å². The second-order valence-electron chi connectivity index (χ2n) is 2.92. The molecule has 3 nitrogen and oxygen atoms in total. The van der Waals surface area contributed by atoms with Crippen LogP contribution in [0.1, 0.15) is 0 Å². The molecule has 1 aliphatic rings. The van der Waals surface area contributed by atoms with Gasteiger partial charge >= 0.3 is 0 Å². The van der Waals surface area contributed by atoms with E-state index < -0.39 is 0 Å². The molecule has 1 N–H and O–H groups in total. The molecule has 0 amide bonds. The Labute approximate surface area is 74.1 Å². The van der Waals surface area contributed by atoms with Gasteiger partial charge in [0.2, 0.25) is 0 Å². The minimum atomic E-state index is 0.170. The highest BCUT2D eigenvalue weighted by Crippen LogP contribution is 1.97. The molecule has 0 saturated carbocycles. The fourth-order valence-electron chi connectivity index (χ4n) is 1.27. The van der Waals surface area contributed by atoms with Gasteiger partial charge in [0.15, 0.2) is 0 Å².